The summed E-state index contributed by atoms with van der Waals surface area (Å²) in [7, 11) is -3.55. The molecule has 0 amide bonds. The average Bonchev–Trinajstić information content (AvgIpc) is 2.36. The molecule has 0 heterocycles. The summed E-state index contributed by atoms with van der Waals surface area (Å²) in [6.07, 6.45) is 0.762. The Morgan fingerprint density at radius 2 is 2.05 bits per heavy atom. The fourth-order valence-electron chi connectivity index (χ4n) is 1.66. The molecule has 0 aliphatic heterocycles. The summed E-state index contributed by atoms with van der Waals surface area (Å²) in [6.45, 7) is 5.64. The van der Waals surface area contributed by atoms with Crippen molar-refractivity contribution in [3.8, 4) is 5.75 Å². The van der Waals surface area contributed by atoms with Crippen LogP contribution < -0.4 is 9.46 Å². The van der Waals surface area contributed by atoms with E-state index in [1.165, 1.54) is 18.2 Å². The van der Waals surface area contributed by atoms with Crippen molar-refractivity contribution in [3.63, 3.8) is 0 Å². The van der Waals surface area contributed by atoms with Gasteiger partial charge in [-0.05, 0) is 43.0 Å². The third-order valence-corrected chi connectivity index (χ3v) is 4.28. The van der Waals surface area contributed by atoms with Crippen molar-refractivity contribution >= 4 is 16.0 Å². The van der Waals surface area contributed by atoms with Gasteiger partial charge in [-0.2, -0.15) is 0 Å². The summed E-state index contributed by atoms with van der Waals surface area (Å²) < 4.78 is 31.8. The first-order valence-electron chi connectivity index (χ1n) is 6.67. The van der Waals surface area contributed by atoms with Gasteiger partial charge in [0.05, 0.1) is 4.90 Å². The van der Waals surface area contributed by atoms with Gasteiger partial charge < -0.3 is 9.84 Å². The van der Waals surface area contributed by atoms with E-state index in [4.69, 9.17) is 9.84 Å². The Bertz CT molecular complexity index is 595. The smallest absolute Gasteiger partial charge is 0.341 e. The van der Waals surface area contributed by atoms with E-state index >= 15 is 0 Å². The topological polar surface area (TPSA) is 92.7 Å². The van der Waals surface area contributed by atoms with Crippen molar-refractivity contribution in [1.29, 1.82) is 0 Å². The number of hydrogen-bond donors (Lipinski definition) is 2. The van der Waals surface area contributed by atoms with Crippen molar-refractivity contribution in [2.24, 2.45) is 5.92 Å². The molecule has 0 saturated carbocycles. The van der Waals surface area contributed by atoms with Gasteiger partial charge in [-0.15, -0.1) is 0 Å². The van der Waals surface area contributed by atoms with Crippen LogP contribution in [0.1, 0.15) is 25.8 Å². The number of benzene rings is 1. The summed E-state index contributed by atoms with van der Waals surface area (Å²) in [5.74, 6) is -0.304. The molecule has 0 aromatic heterocycles. The molecule has 0 aliphatic carbocycles. The number of rotatable bonds is 8. The number of nitrogens with one attached hydrogen (secondary N) is 1. The van der Waals surface area contributed by atoms with E-state index < -0.39 is 22.6 Å². The number of hydrogen-bond acceptors (Lipinski definition) is 4. The molecule has 0 unspecified atom stereocenters. The number of carbonyl (C=O) groups is 1. The van der Waals surface area contributed by atoms with E-state index in [9.17, 15) is 13.2 Å². The van der Waals surface area contributed by atoms with Crippen LogP contribution in [0.2, 0.25) is 0 Å². The molecular weight excluding hydrogens is 294 g/mol. The van der Waals surface area contributed by atoms with Crippen LogP contribution >= 0.6 is 0 Å². The Kier molecular flexibility index (Phi) is 6.17. The van der Waals surface area contributed by atoms with E-state index in [-0.39, 0.29) is 4.90 Å². The normalized spacial score (nSPS) is 11.6. The second-order valence-electron chi connectivity index (χ2n) is 5.19. The second kappa shape index (κ2) is 7.42. The van der Waals surface area contributed by atoms with Gasteiger partial charge in [-0.25, -0.2) is 17.9 Å². The zero-order valence-electron chi connectivity index (χ0n) is 12.4. The molecule has 6 nitrogen and oxygen atoms in total. The number of aryl methyl sites for hydroxylation is 1. The summed E-state index contributed by atoms with van der Waals surface area (Å²) in [6, 6.07) is 4.34. The quantitative estimate of drug-likeness (QED) is 0.763. The first kappa shape index (κ1) is 17.5. The van der Waals surface area contributed by atoms with Gasteiger partial charge in [0.15, 0.2) is 6.61 Å². The van der Waals surface area contributed by atoms with Crippen molar-refractivity contribution in [1.82, 2.24) is 4.72 Å². The molecule has 118 valence electrons. The molecule has 2 N–H and O–H groups in total. The molecule has 1 rings (SSSR count). The lowest BCUT2D eigenvalue weighted by molar-refractivity contribution is -0.139. The molecule has 21 heavy (non-hydrogen) atoms. The predicted octanol–water partition coefficient (Wildman–Crippen LogP) is 1.78. The molecule has 0 fully saturated rings. The maximum Gasteiger partial charge on any atom is 0.341 e. The first-order chi connectivity index (χ1) is 9.72. The summed E-state index contributed by atoms with van der Waals surface area (Å²) >= 11 is 0. The van der Waals surface area contributed by atoms with Crippen molar-refractivity contribution in [3.05, 3.63) is 23.8 Å². The van der Waals surface area contributed by atoms with Crippen LogP contribution in [0.3, 0.4) is 0 Å². The van der Waals surface area contributed by atoms with Crippen LogP contribution in [0.5, 0.6) is 5.75 Å². The highest BCUT2D eigenvalue weighted by atomic mass is 32.2. The van der Waals surface area contributed by atoms with Crippen LogP contribution in [0, 0.1) is 12.8 Å². The van der Waals surface area contributed by atoms with Gasteiger partial charge in [0, 0.05) is 6.54 Å². The van der Waals surface area contributed by atoms with Crippen molar-refractivity contribution in [2.45, 2.75) is 32.1 Å². The van der Waals surface area contributed by atoms with E-state index in [1.54, 1.807) is 6.92 Å². The van der Waals surface area contributed by atoms with E-state index in [0.29, 0.717) is 23.8 Å². The number of aliphatic carboxylic acids is 1. The highest BCUT2D eigenvalue weighted by molar-refractivity contribution is 7.89. The van der Waals surface area contributed by atoms with E-state index in [1.807, 2.05) is 13.8 Å². The molecule has 0 aliphatic rings. The van der Waals surface area contributed by atoms with E-state index in [0.717, 1.165) is 6.42 Å². The van der Waals surface area contributed by atoms with Crippen LogP contribution in [-0.4, -0.2) is 32.6 Å². The SMILES string of the molecule is Cc1cc(S(=O)(=O)NCCC(C)C)ccc1OCC(=O)O. The van der Waals surface area contributed by atoms with Gasteiger partial charge in [-0.3, -0.25) is 0 Å². The molecule has 0 saturated heterocycles. The van der Waals surface area contributed by atoms with Crippen LogP contribution in [0.15, 0.2) is 23.1 Å². The van der Waals surface area contributed by atoms with Crippen molar-refractivity contribution < 1.29 is 23.1 Å². The third kappa shape index (κ3) is 5.73. The average molecular weight is 315 g/mol. The first-order valence-corrected chi connectivity index (χ1v) is 8.15. The molecule has 7 heteroatoms. The Balaban J connectivity index is 2.79. The fraction of sp³-hybridized carbons (Fsp3) is 0.500. The Morgan fingerprint density at radius 1 is 1.38 bits per heavy atom. The minimum atomic E-state index is -3.55. The minimum Gasteiger partial charge on any atom is -0.482 e. The van der Waals surface area contributed by atoms with Crippen LogP contribution in [-0.2, 0) is 14.8 Å². The Morgan fingerprint density at radius 3 is 2.57 bits per heavy atom. The molecule has 0 bridgehead atoms. The molecular formula is C14H21NO5S. The van der Waals surface area contributed by atoms with Gasteiger partial charge in [0.2, 0.25) is 10.0 Å². The predicted molar refractivity (Wildman–Crippen MR) is 79.0 cm³/mol. The fourth-order valence-corrected chi connectivity index (χ4v) is 2.79. The maximum atomic E-state index is 12.1. The van der Waals surface area contributed by atoms with Crippen LogP contribution in [0.25, 0.3) is 0 Å². The Hall–Kier alpha value is -1.60. The standard InChI is InChI=1S/C14H21NO5S/c1-10(2)6-7-15-21(18,19)12-4-5-13(11(3)8-12)20-9-14(16)17/h4-5,8,10,15H,6-7,9H2,1-3H3,(H,16,17). The van der Waals surface area contributed by atoms with Gasteiger partial charge in [-0.1, -0.05) is 13.8 Å². The monoisotopic (exact) mass is 315 g/mol. The number of ether oxygens (including phenoxy) is 1. The second-order valence-corrected chi connectivity index (χ2v) is 6.96. The molecule has 1 aromatic rings. The lowest BCUT2D eigenvalue weighted by Gasteiger charge is -2.11. The number of carboxylic acid groups (broad SMARTS) is 1. The third-order valence-electron chi connectivity index (χ3n) is 2.82. The molecule has 0 atom stereocenters. The lowest BCUT2D eigenvalue weighted by atomic mass is 10.1. The highest BCUT2D eigenvalue weighted by Gasteiger charge is 2.15. The lowest BCUT2D eigenvalue weighted by Crippen LogP contribution is -2.25. The highest BCUT2D eigenvalue weighted by Crippen LogP contribution is 2.21. The van der Waals surface area contributed by atoms with Crippen LogP contribution in [0.4, 0.5) is 0 Å². The largest absolute Gasteiger partial charge is 0.482 e. The zero-order chi connectivity index (χ0) is 16.0. The minimum absolute atomic E-state index is 0.145. The van der Waals surface area contributed by atoms with Gasteiger partial charge in [0.25, 0.3) is 0 Å². The van der Waals surface area contributed by atoms with Gasteiger partial charge in [0.1, 0.15) is 5.75 Å². The Labute approximate surface area is 125 Å². The number of carboxylic acids is 1. The van der Waals surface area contributed by atoms with E-state index in [2.05, 4.69) is 4.72 Å². The van der Waals surface area contributed by atoms with Crippen molar-refractivity contribution in [2.75, 3.05) is 13.2 Å². The number of sulfonamides is 1. The maximum absolute atomic E-state index is 12.1. The molecule has 0 spiro atoms. The summed E-state index contributed by atoms with van der Waals surface area (Å²) in [5.41, 5.74) is 0.572. The summed E-state index contributed by atoms with van der Waals surface area (Å²) in [4.78, 5) is 10.6. The molecule has 1 aromatic carbocycles. The zero-order valence-corrected chi connectivity index (χ0v) is 13.2. The van der Waals surface area contributed by atoms with Gasteiger partial charge >= 0.3 is 5.97 Å². The summed E-state index contributed by atoms with van der Waals surface area (Å²) in [5, 5.41) is 8.56. The molecule has 0 radical (unpaired) electrons.